The molecule has 0 saturated carbocycles. The van der Waals surface area contributed by atoms with Gasteiger partial charge < -0.3 is 5.32 Å². The summed E-state index contributed by atoms with van der Waals surface area (Å²) in [6, 6.07) is 5.54. The van der Waals surface area contributed by atoms with Crippen LogP contribution in [0.25, 0.3) is 0 Å². The van der Waals surface area contributed by atoms with Crippen LogP contribution in [0.5, 0.6) is 0 Å². The van der Waals surface area contributed by atoms with Gasteiger partial charge in [-0.15, -0.1) is 11.3 Å². The zero-order valence-corrected chi connectivity index (χ0v) is 11.4. The second-order valence-electron chi connectivity index (χ2n) is 3.75. The van der Waals surface area contributed by atoms with Crippen LogP contribution in [0, 0.1) is 0 Å². The van der Waals surface area contributed by atoms with Crippen LogP contribution in [0.15, 0.2) is 17.5 Å². The Morgan fingerprint density at radius 3 is 2.67 bits per heavy atom. The highest BCUT2D eigenvalue weighted by molar-refractivity contribution is 8.03. The fourth-order valence-corrected chi connectivity index (χ4v) is 4.85. The zero-order valence-electron chi connectivity index (χ0n) is 8.94. The van der Waals surface area contributed by atoms with Crippen LogP contribution in [0.1, 0.15) is 17.8 Å². The summed E-state index contributed by atoms with van der Waals surface area (Å²) in [5, 5.41) is 5.89. The van der Waals surface area contributed by atoms with Gasteiger partial charge in [0.1, 0.15) is 0 Å². The molecule has 84 valence electrons. The third-order valence-electron chi connectivity index (χ3n) is 2.47. The fourth-order valence-electron chi connectivity index (χ4n) is 1.69. The highest BCUT2D eigenvalue weighted by Gasteiger charge is 2.16. The van der Waals surface area contributed by atoms with Crippen molar-refractivity contribution in [1.29, 1.82) is 0 Å². The topological polar surface area (TPSA) is 12.0 Å². The maximum Gasteiger partial charge on any atom is 0.0388 e. The van der Waals surface area contributed by atoms with E-state index in [1.807, 2.05) is 11.3 Å². The van der Waals surface area contributed by atoms with E-state index in [-0.39, 0.29) is 0 Å². The smallest absolute Gasteiger partial charge is 0.0388 e. The minimum atomic E-state index is 0.509. The van der Waals surface area contributed by atoms with Crippen molar-refractivity contribution in [1.82, 2.24) is 5.32 Å². The summed E-state index contributed by atoms with van der Waals surface area (Å²) in [6.07, 6.45) is 0. The van der Waals surface area contributed by atoms with E-state index >= 15 is 0 Å². The third-order valence-corrected chi connectivity index (χ3v) is 6.04. The molecule has 1 aliphatic rings. The van der Waals surface area contributed by atoms with Gasteiger partial charge in [0, 0.05) is 40.0 Å². The summed E-state index contributed by atoms with van der Waals surface area (Å²) in [7, 11) is 0. The lowest BCUT2D eigenvalue weighted by Gasteiger charge is -2.20. The first-order chi connectivity index (χ1) is 7.36. The van der Waals surface area contributed by atoms with Crippen molar-refractivity contribution in [3.05, 3.63) is 22.4 Å². The minimum Gasteiger partial charge on any atom is -0.305 e. The molecule has 0 bridgehead atoms. The maximum absolute atomic E-state index is 3.73. The number of thioether (sulfide) groups is 2. The molecule has 4 heteroatoms. The zero-order chi connectivity index (χ0) is 10.5. The molecule has 0 spiro atoms. The standard InChI is InChI=1S/C11H17NS3/c1-9(11-3-2-4-15-11)12-10-7-13-5-6-14-8-10/h2-4,9-10,12H,5-8H2,1H3. The van der Waals surface area contributed by atoms with Gasteiger partial charge in [0.25, 0.3) is 0 Å². The molecular formula is C11H17NS3. The first-order valence-corrected chi connectivity index (χ1v) is 8.50. The van der Waals surface area contributed by atoms with E-state index < -0.39 is 0 Å². The molecule has 1 aliphatic heterocycles. The number of hydrogen-bond acceptors (Lipinski definition) is 4. The lowest BCUT2D eigenvalue weighted by atomic mass is 10.2. The van der Waals surface area contributed by atoms with Gasteiger partial charge in [-0.3, -0.25) is 0 Å². The van der Waals surface area contributed by atoms with Gasteiger partial charge in [0.05, 0.1) is 0 Å². The van der Waals surface area contributed by atoms with Gasteiger partial charge in [0.2, 0.25) is 0 Å². The molecule has 1 unspecified atom stereocenters. The number of thiophene rings is 1. The molecule has 1 fully saturated rings. The lowest BCUT2D eigenvalue weighted by Crippen LogP contribution is -2.34. The Morgan fingerprint density at radius 1 is 1.33 bits per heavy atom. The molecule has 2 heterocycles. The van der Waals surface area contributed by atoms with E-state index in [2.05, 4.69) is 53.3 Å². The van der Waals surface area contributed by atoms with Crippen molar-refractivity contribution in [2.45, 2.75) is 19.0 Å². The van der Waals surface area contributed by atoms with Crippen molar-refractivity contribution >= 4 is 34.9 Å². The summed E-state index contributed by atoms with van der Waals surface area (Å²) in [5.41, 5.74) is 0. The molecule has 0 aliphatic carbocycles. The van der Waals surface area contributed by atoms with Crippen LogP contribution in [-0.4, -0.2) is 29.1 Å². The summed E-state index contributed by atoms with van der Waals surface area (Å²) >= 11 is 6.02. The molecule has 1 N–H and O–H groups in total. The Labute approximate surface area is 104 Å². The van der Waals surface area contributed by atoms with E-state index in [1.54, 1.807) is 0 Å². The van der Waals surface area contributed by atoms with Crippen LogP contribution in [-0.2, 0) is 0 Å². The number of hydrogen-bond donors (Lipinski definition) is 1. The predicted molar refractivity (Wildman–Crippen MR) is 74.3 cm³/mol. The number of rotatable bonds is 3. The molecule has 0 amide bonds. The van der Waals surface area contributed by atoms with E-state index in [0.29, 0.717) is 12.1 Å². The van der Waals surface area contributed by atoms with Gasteiger partial charge in [-0.25, -0.2) is 0 Å². The second kappa shape index (κ2) is 6.18. The normalized spacial score (nSPS) is 21.1. The molecule has 1 nitrogen and oxygen atoms in total. The van der Waals surface area contributed by atoms with Gasteiger partial charge in [-0.1, -0.05) is 6.07 Å². The Kier molecular flexibility index (Phi) is 4.88. The van der Waals surface area contributed by atoms with Gasteiger partial charge in [-0.05, 0) is 18.4 Å². The largest absolute Gasteiger partial charge is 0.305 e. The third kappa shape index (κ3) is 3.70. The van der Waals surface area contributed by atoms with Crippen molar-refractivity contribution in [3.63, 3.8) is 0 Å². The van der Waals surface area contributed by atoms with Crippen molar-refractivity contribution in [3.8, 4) is 0 Å². The molecule has 0 aromatic carbocycles. The van der Waals surface area contributed by atoms with Crippen LogP contribution in [0.2, 0.25) is 0 Å². The molecule has 1 atom stereocenters. The first kappa shape index (κ1) is 11.8. The van der Waals surface area contributed by atoms with E-state index in [0.717, 1.165) is 0 Å². The summed E-state index contributed by atoms with van der Waals surface area (Å²) < 4.78 is 0. The molecule has 1 aromatic rings. The van der Waals surface area contributed by atoms with Crippen LogP contribution in [0.3, 0.4) is 0 Å². The van der Waals surface area contributed by atoms with Crippen LogP contribution < -0.4 is 5.32 Å². The highest BCUT2D eigenvalue weighted by atomic mass is 32.2. The van der Waals surface area contributed by atoms with Gasteiger partial charge in [-0.2, -0.15) is 23.5 Å². The quantitative estimate of drug-likeness (QED) is 0.895. The van der Waals surface area contributed by atoms with E-state index in [4.69, 9.17) is 0 Å². The Balaban J connectivity index is 1.84. The molecule has 2 rings (SSSR count). The average molecular weight is 259 g/mol. The van der Waals surface area contributed by atoms with E-state index in [9.17, 15) is 0 Å². The van der Waals surface area contributed by atoms with Gasteiger partial charge in [0.15, 0.2) is 0 Å². The molecule has 0 radical (unpaired) electrons. The molecule has 15 heavy (non-hydrogen) atoms. The molecule has 1 saturated heterocycles. The minimum absolute atomic E-state index is 0.509. The monoisotopic (exact) mass is 259 g/mol. The Morgan fingerprint density at radius 2 is 2.07 bits per heavy atom. The maximum atomic E-state index is 3.73. The van der Waals surface area contributed by atoms with Crippen molar-refractivity contribution < 1.29 is 0 Å². The van der Waals surface area contributed by atoms with E-state index in [1.165, 1.54) is 27.9 Å². The Bertz CT molecular complexity index is 265. The predicted octanol–water partition coefficient (Wildman–Crippen LogP) is 3.25. The summed E-state index contributed by atoms with van der Waals surface area (Å²) in [4.78, 5) is 1.45. The molecule has 1 aromatic heterocycles. The first-order valence-electron chi connectivity index (χ1n) is 5.31. The second-order valence-corrected chi connectivity index (χ2v) is 7.03. The van der Waals surface area contributed by atoms with Crippen molar-refractivity contribution in [2.24, 2.45) is 0 Å². The summed E-state index contributed by atoms with van der Waals surface area (Å²) in [5.74, 6) is 5.16. The van der Waals surface area contributed by atoms with Crippen LogP contribution >= 0.6 is 34.9 Å². The highest BCUT2D eigenvalue weighted by Crippen LogP contribution is 2.22. The molecular weight excluding hydrogens is 242 g/mol. The van der Waals surface area contributed by atoms with Gasteiger partial charge >= 0.3 is 0 Å². The summed E-state index contributed by atoms with van der Waals surface area (Å²) in [6.45, 7) is 2.27. The van der Waals surface area contributed by atoms with Crippen molar-refractivity contribution in [2.75, 3.05) is 23.0 Å². The van der Waals surface area contributed by atoms with Crippen LogP contribution in [0.4, 0.5) is 0 Å². The average Bonchev–Trinajstić information content (AvgIpc) is 2.65. The lowest BCUT2D eigenvalue weighted by molar-refractivity contribution is 0.523. The SMILES string of the molecule is CC(NC1CSCCSC1)c1cccs1. The number of nitrogens with one attached hydrogen (secondary N) is 1. The fraction of sp³-hybridized carbons (Fsp3) is 0.636. The Hall–Kier alpha value is 0.360.